The fourth-order valence-electron chi connectivity index (χ4n) is 2.70. The smallest absolute Gasteiger partial charge is 0.196 e. The van der Waals surface area contributed by atoms with Crippen LogP contribution in [-0.2, 0) is 0 Å². The van der Waals surface area contributed by atoms with Gasteiger partial charge in [-0.3, -0.25) is 4.79 Å². The Balaban J connectivity index is 2.39. The minimum atomic E-state index is 0.0316. The molecule has 0 aliphatic rings. The van der Waals surface area contributed by atoms with Crippen LogP contribution >= 0.6 is 0 Å². The molecule has 0 fully saturated rings. The molecule has 0 N–H and O–H groups in total. The molecule has 1 heterocycles. The molecule has 0 radical (unpaired) electrons. The summed E-state index contributed by atoms with van der Waals surface area (Å²) in [4.78, 5) is 12.7. The van der Waals surface area contributed by atoms with E-state index in [2.05, 4.69) is 0 Å². The molecule has 0 aliphatic heterocycles. The van der Waals surface area contributed by atoms with Crippen LogP contribution in [0.15, 0.2) is 57.8 Å². The Morgan fingerprint density at radius 1 is 1.05 bits per heavy atom. The Hall–Kier alpha value is -2.61. The summed E-state index contributed by atoms with van der Waals surface area (Å²) >= 11 is 0. The second kappa shape index (κ2) is 5.64. The maximum Gasteiger partial charge on any atom is 0.196 e. The van der Waals surface area contributed by atoms with Crippen LogP contribution in [0.5, 0.6) is 0 Å². The minimum absolute atomic E-state index is 0.0316. The number of allylic oxidation sites excluding steroid dienone is 1. The van der Waals surface area contributed by atoms with Gasteiger partial charge in [0.05, 0.1) is 5.39 Å². The van der Waals surface area contributed by atoms with E-state index >= 15 is 0 Å². The van der Waals surface area contributed by atoms with E-state index in [-0.39, 0.29) is 5.43 Å². The molecule has 0 bridgehead atoms. The maximum atomic E-state index is 12.7. The lowest BCUT2D eigenvalue weighted by Crippen LogP contribution is -2.07. The van der Waals surface area contributed by atoms with Crippen molar-refractivity contribution in [1.29, 1.82) is 0 Å². The Bertz CT molecular complexity index is 930. The topological polar surface area (TPSA) is 30.2 Å². The largest absolute Gasteiger partial charge is 0.455 e. The number of para-hydroxylation sites is 1. The molecule has 3 rings (SSSR count). The number of fused-ring (bicyclic) bond motifs is 1. The molecule has 2 aromatic carbocycles. The molecule has 110 valence electrons. The zero-order valence-electron chi connectivity index (χ0n) is 13.0. The number of rotatable bonds is 2. The SMILES string of the molecule is CC=Cc1cccc2c(=O)c(C)c(-c3cccc(C)c3)oc12. The highest BCUT2D eigenvalue weighted by Crippen LogP contribution is 2.28. The number of benzene rings is 2. The van der Waals surface area contributed by atoms with Crippen molar-refractivity contribution >= 4 is 17.0 Å². The Labute approximate surface area is 129 Å². The van der Waals surface area contributed by atoms with E-state index < -0.39 is 0 Å². The lowest BCUT2D eigenvalue weighted by molar-refractivity contribution is 0.613. The van der Waals surface area contributed by atoms with E-state index in [9.17, 15) is 4.79 Å². The molecule has 22 heavy (non-hydrogen) atoms. The highest BCUT2D eigenvalue weighted by molar-refractivity contribution is 5.87. The summed E-state index contributed by atoms with van der Waals surface area (Å²) in [5.74, 6) is 0.651. The highest BCUT2D eigenvalue weighted by Gasteiger charge is 2.14. The van der Waals surface area contributed by atoms with Crippen LogP contribution in [0, 0.1) is 13.8 Å². The second-order valence-electron chi connectivity index (χ2n) is 5.48. The Morgan fingerprint density at radius 2 is 1.82 bits per heavy atom. The predicted molar refractivity (Wildman–Crippen MR) is 92.1 cm³/mol. The van der Waals surface area contributed by atoms with Gasteiger partial charge >= 0.3 is 0 Å². The van der Waals surface area contributed by atoms with Crippen LogP contribution in [0.25, 0.3) is 28.4 Å². The van der Waals surface area contributed by atoms with Crippen LogP contribution in [0.2, 0.25) is 0 Å². The molecular formula is C20H18O2. The summed E-state index contributed by atoms with van der Waals surface area (Å²) in [6.07, 6.45) is 3.90. The van der Waals surface area contributed by atoms with Gasteiger partial charge < -0.3 is 4.42 Å². The van der Waals surface area contributed by atoms with Gasteiger partial charge in [-0.15, -0.1) is 0 Å². The van der Waals surface area contributed by atoms with E-state index in [0.29, 0.717) is 22.3 Å². The first-order valence-electron chi connectivity index (χ1n) is 7.38. The van der Waals surface area contributed by atoms with Crippen molar-refractivity contribution in [3.05, 3.63) is 75.5 Å². The van der Waals surface area contributed by atoms with Gasteiger partial charge in [0.15, 0.2) is 5.43 Å². The monoisotopic (exact) mass is 290 g/mol. The second-order valence-corrected chi connectivity index (χ2v) is 5.48. The standard InChI is InChI=1S/C20H18O2/c1-4-7-15-9-6-11-17-18(21)14(3)19(22-20(15)17)16-10-5-8-13(2)12-16/h4-12H,1-3H3. The Kier molecular flexibility index (Phi) is 3.68. The van der Waals surface area contributed by atoms with Gasteiger partial charge in [0.1, 0.15) is 11.3 Å². The van der Waals surface area contributed by atoms with Crippen LogP contribution in [0.4, 0.5) is 0 Å². The van der Waals surface area contributed by atoms with Crippen molar-refractivity contribution in [3.63, 3.8) is 0 Å². The quantitative estimate of drug-likeness (QED) is 0.656. The zero-order valence-corrected chi connectivity index (χ0v) is 13.0. The molecule has 0 saturated carbocycles. The van der Waals surface area contributed by atoms with Crippen LogP contribution in [-0.4, -0.2) is 0 Å². The molecule has 0 amide bonds. The number of hydrogen-bond donors (Lipinski definition) is 0. The van der Waals surface area contributed by atoms with Crippen LogP contribution in [0.3, 0.4) is 0 Å². The van der Waals surface area contributed by atoms with Gasteiger partial charge in [-0.05, 0) is 32.9 Å². The van der Waals surface area contributed by atoms with Gasteiger partial charge in [-0.1, -0.05) is 48.0 Å². The van der Waals surface area contributed by atoms with Crippen LogP contribution in [0.1, 0.15) is 23.6 Å². The summed E-state index contributed by atoms with van der Waals surface area (Å²) in [6, 6.07) is 13.7. The summed E-state index contributed by atoms with van der Waals surface area (Å²) in [6.45, 7) is 5.81. The Morgan fingerprint density at radius 3 is 2.55 bits per heavy atom. The van der Waals surface area contributed by atoms with Gasteiger partial charge in [0.2, 0.25) is 0 Å². The van der Waals surface area contributed by atoms with E-state index in [0.717, 1.165) is 16.7 Å². The maximum absolute atomic E-state index is 12.7. The van der Waals surface area contributed by atoms with Crippen molar-refractivity contribution in [3.8, 4) is 11.3 Å². The van der Waals surface area contributed by atoms with E-state index in [1.165, 1.54) is 0 Å². The fraction of sp³-hybridized carbons (Fsp3) is 0.150. The molecule has 0 unspecified atom stereocenters. The van der Waals surface area contributed by atoms with Gasteiger partial charge in [0.25, 0.3) is 0 Å². The molecule has 2 heteroatoms. The molecule has 0 saturated heterocycles. The third-order valence-corrected chi connectivity index (χ3v) is 3.80. The fourth-order valence-corrected chi connectivity index (χ4v) is 2.70. The molecule has 0 aliphatic carbocycles. The van der Waals surface area contributed by atoms with Crippen molar-refractivity contribution < 1.29 is 4.42 Å². The van der Waals surface area contributed by atoms with E-state index in [1.807, 2.05) is 75.4 Å². The molecule has 1 aromatic heterocycles. The number of hydrogen-bond acceptors (Lipinski definition) is 2. The summed E-state index contributed by atoms with van der Waals surface area (Å²) < 4.78 is 6.15. The summed E-state index contributed by atoms with van der Waals surface area (Å²) in [5.41, 5.74) is 4.33. The lowest BCUT2D eigenvalue weighted by atomic mass is 10.0. The van der Waals surface area contributed by atoms with Gasteiger partial charge in [-0.2, -0.15) is 0 Å². The van der Waals surface area contributed by atoms with Gasteiger partial charge in [0, 0.05) is 16.7 Å². The van der Waals surface area contributed by atoms with Crippen molar-refractivity contribution in [2.75, 3.05) is 0 Å². The summed E-state index contributed by atoms with van der Waals surface area (Å²) in [5, 5.41) is 0.629. The first-order valence-corrected chi connectivity index (χ1v) is 7.38. The third-order valence-electron chi connectivity index (χ3n) is 3.80. The zero-order chi connectivity index (χ0) is 15.7. The van der Waals surface area contributed by atoms with E-state index in [4.69, 9.17) is 4.42 Å². The third kappa shape index (κ3) is 2.37. The normalized spacial score (nSPS) is 11.4. The molecule has 3 aromatic rings. The van der Waals surface area contributed by atoms with Crippen molar-refractivity contribution in [1.82, 2.24) is 0 Å². The average molecular weight is 290 g/mol. The van der Waals surface area contributed by atoms with Gasteiger partial charge in [-0.25, -0.2) is 0 Å². The first kappa shape index (κ1) is 14.3. The molecule has 0 spiro atoms. The first-order chi connectivity index (χ1) is 10.6. The lowest BCUT2D eigenvalue weighted by Gasteiger charge is -2.09. The minimum Gasteiger partial charge on any atom is -0.455 e. The highest BCUT2D eigenvalue weighted by atomic mass is 16.3. The number of aryl methyl sites for hydroxylation is 1. The molecule has 2 nitrogen and oxygen atoms in total. The van der Waals surface area contributed by atoms with Crippen LogP contribution < -0.4 is 5.43 Å². The average Bonchev–Trinajstić information content (AvgIpc) is 2.51. The molecule has 0 atom stereocenters. The molecular weight excluding hydrogens is 272 g/mol. The van der Waals surface area contributed by atoms with E-state index in [1.54, 1.807) is 0 Å². The predicted octanol–water partition coefficient (Wildman–Crippen LogP) is 5.11. The van der Waals surface area contributed by atoms with Crippen molar-refractivity contribution in [2.45, 2.75) is 20.8 Å². The van der Waals surface area contributed by atoms with Crippen molar-refractivity contribution in [2.24, 2.45) is 0 Å². The summed E-state index contributed by atoms with van der Waals surface area (Å²) in [7, 11) is 0.